The Labute approximate surface area is 198 Å². The van der Waals surface area contributed by atoms with Crippen LogP contribution in [0.1, 0.15) is 17.5 Å². The van der Waals surface area contributed by atoms with Crippen LogP contribution in [0.2, 0.25) is 0 Å². The topological polar surface area (TPSA) is 121 Å². The van der Waals surface area contributed by atoms with Crippen LogP contribution >= 0.6 is 0 Å². The molecule has 9 nitrogen and oxygen atoms in total. The zero-order valence-electron chi connectivity index (χ0n) is 18.9. The predicted octanol–water partition coefficient (Wildman–Crippen LogP) is 1.69. The molecule has 2 aromatic carbocycles. The van der Waals surface area contributed by atoms with E-state index in [1.807, 2.05) is 37.4 Å². The van der Waals surface area contributed by atoms with Crippen molar-refractivity contribution in [2.75, 3.05) is 26.2 Å². The van der Waals surface area contributed by atoms with Gasteiger partial charge in [0.15, 0.2) is 0 Å². The summed E-state index contributed by atoms with van der Waals surface area (Å²) in [5.74, 6) is -1.61. The van der Waals surface area contributed by atoms with Crippen LogP contribution in [0.15, 0.2) is 59.6 Å². The number of nitrogens with zero attached hydrogens (tertiary/aromatic N) is 1. The summed E-state index contributed by atoms with van der Waals surface area (Å²) in [6.07, 6.45) is 2.12. The molecule has 1 aliphatic rings. The largest absolute Gasteiger partial charge is 0.361 e. The van der Waals surface area contributed by atoms with E-state index in [1.54, 1.807) is 24.3 Å². The van der Waals surface area contributed by atoms with Crippen LogP contribution in [-0.2, 0) is 30.8 Å². The molecule has 0 bridgehead atoms. The third-order valence-electron chi connectivity index (χ3n) is 5.78. The molecular weight excluding hydrogens is 456 g/mol. The number of carbonyl (C=O) groups is 2. The number of amides is 2. The molecule has 0 spiro atoms. The second-order valence-corrected chi connectivity index (χ2v) is 10.1. The Balaban J connectivity index is 1.30. The minimum absolute atomic E-state index is 0.125. The lowest BCUT2D eigenvalue weighted by Gasteiger charge is -2.34. The van der Waals surface area contributed by atoms with Crippen molar-refractivity contribution < 1.29 is 22.7 Å². The first-order valence-electron chi connectivity index (χ1n) is 11.2. The summed E-state index contributed by atoms with van der Waals surface area (Å²) in [5, 5.41) is 6.18. The smallest absolute Gasteiger partial charge is 0.309 e. The van der Waals surface area contributed by atoms with Crippen LogP contribution in [0.3, 0.4) is 0 Å². The molecule has 0 saturated carbocycles. The summed E-state index contributed by atoms with van der Waals surface area (Å²) in [4.78, 5) is 27.9. The van der Waals surface area contributed by atoms with E-state index in [9.17, 15) is 18.0 Å². The number of aromatic nitrogens is 1. The molecule has 2 amide bonds. The highest BCUT2D eigenvalue weighted by Gasteiger charge is 2.34. The molecule has 0 aliphatic carbocycles. The molecule has 1 aliphatic heterocycles. The van der Waals surface area contributed by atoms with Crippen LogP contribution in [0.5, 0.6) is 0 Å². The number of aromatic amines is 1. The van der Waals surface area contributed by atoms with Gasteiger partial charge < -0.3 is 20.4 Å². The lowest BCUT2D eigenvalue weighted by Crippen LogP contribution is -2.53. The number of benzene rings is 2. The number of aryl methyl sites for hydroxylation is 1. The molecule has 1 aromatic heterocycles. The fourth-order valence-corrected chi connectivity index (χ4v) is 5.50. The fourth-order valence-electron chi connectivity index (χ4n) is 3.94. The molecule has 1 atom stereocenters. The van der Waals surface area contributed by atoms with Gasteiger partial charge in [-0.25, -0.2) is 8.42 Å². The summed E-state index contributed by atoms with van der Waals surface area (Å²) in [6.45, 7) is 2.69. The van der Waals surface area contributed by atoms with E-state index in [0.717, 1.165) is 22.0 Å². The van der Waals surface area contributed by atoms with Crippen molar-refractivity contribution in [3.8, 4) is 0 Å². The van der Waals surface area contributed by atoms with E-state index in [1.165, 1.54) is 4.31 Å². The van der Waals surface area contributed by atoms with Gasteiger partial charge in [-0.1, -0.05) is 35.9 Å². The van der Waals surface area contributed by atoms with Gasteiger partial charge in [0.25, 0.3) is 0 Å². The van der Waals surface area contributed by atoms with Crippen LogP contribution in [0, 0.1) is 6.92 Å². The maximum atomic E-state index is 13.1. The van der Waals surface area contributed by atoms with Gasteiger partial charge in [0, 0.05) is 30.2 Å². The molecule has 1 saturated heterocycles. The molecule has 4 rings (SSSR count). The number of fused-ring (bicyclic) bond motifs is 1. The van der Waals surface area contributed by atoms with Crippen LogP contribution in [-0.4, -0.2) is 62.0 Å². The number of sulfonamides is 1. The van der Waals surface area contributed by atoms with E-state index in [-0.39, 0.29) is 18.0 Å². The van der Waals surface area contributed by atoms with Gasteiger partial charge in [0.1, 0.15) is 6.23 Å². The highest BCUT2D eigenvalue weighted by atomic mass is 32.2. The standard InChI is InChI=1S/C24H28N4O5S/c1-17-7-9-19(10-8-17)34(31,32)28-13-4-14-33-22(28)16-27-24(30)23(29)25-12-11-18-15-26-21-6-3-2-5-20(18)21/h2-3,5-10,15,22,26H,4,11-14,16H2,1H3,(H,25,29)(H,27,30)/t22-/m1/s1. The van der Waals surface area contributed by atoms with E-state index >= 15 is 0 Å². The number of nitrogens with one attached hydrogen (secondary N) is 3. The number of carbonyl (C=O) groups excluding carboxylic acids is 2. The maximum absolute atomic E-state index is 13.1. The third-order valence-corrected chi connectivity index (χ3v) is 7.68. The van der Waals surface area contributed by atoms with Gasteiger partial charge in [0.05, 0.1) is 18.0 Å². The van der Waals surface area contributed by atoms with Crippen molar-refractivity contribution in [3.05, 3.63) is 65.9 Å². The van der Waals surface area contributed by atoms with Crippen molar-refractivity contribution in [2.45, 2.75) is 30.9 Å². The monoisotopic (exact) mass is 484 g/mol. The molecule has 34 heavy (non-hydrogen) atoms. The molecule has 1 fully saturated rings. The predicted molar refractivity (Wildman–Crippen MR) is 127 cm³/mol. The normalized spacial score (nSPS) is 16.9. The van der Waals surface area contributed by atoms with Crippen molar-refractivity contribution in [1.82, 2.24) is 19.9 Å². The van der Waals surface area contributed by atoms with E-state index < -0.39 is 28.1 Å². The molecule has 3 N–H and O–H groups in total. The number of H-pyrrole nitrogens is 1. The Hall–Kier alpha value is -3.21. The Morgan fingerprint density at radius 1 is 1.09 bits per heavy atom. The number of para-hydroxylation sites is 1. The van der Waals surface area contributed by atoms with Crippen LogP contribution < -0.4 is 10.6 Å². The minimum atomic E-state index is -3.80. The SMILES string of the molecule is Cc1ccc(S(=O)(=O)N2CCCO[C@@H]2CNC(=O)C(=O)NCCc2c[nH]c3ccccc23)cc1. The third kappa shape index (κ3) is 5.30. The van der Waals surface area contributed by atoms with Gasteiger partial charge in [-0.3, -0.25) is 9.59 Å². The first-order chi connectivity index (χ1) is 16.4. The number of hydrogen-bond acceptors (Lipinski definition) is 5. The fraction of sp³-hybridized carbons (Fsp3) is 0.333. The quantitative estimate of drug-likeness (QED) is 0.441. The second kappa shape index (κ2) is 10.4. The summed E-state index contributed by atoms with van der Waals surface area (Å²) in [6, 6.07) is 14.4. The van der Waals surface area contributed by atoms with E-state index in [4.69, 9.17) is 4.74 Å². The zero-order chi connectivity index (χ0) is 24.1. The maximum Gasteiger partial charge on any atom is 0.309 e. The summed E-state index contributed by atoms with van der Waals surface area (Å²) in [7, 11) is -3.80. The van der Waals surface area contributed by atoms with Crippen molar-refractivity contribution in [3.63, 3.8) is 0 Å². The minimum Gasteiger partial charge on any atom is -0.361 e. The Morgan fingerprint density at radius 3 is 2.62 bits per heavy atom. The van der Waals surface area contributed by atoms with Gasteiger partial charge in [-0.15, -0.1) is 0 Å². The van der Waals surface area contributed by atoms with Crippen molar-refractivity contribution in [1.29, 1.82) is 0 Å². The molecule has 180 valence electrons. The van der Waals surface area contributed by atoms with Crippen LogP contribution in [0.4, 0.5) is 0 Å². The Morgan fingerprint density at radius 2 is 1.82 bits per heavy atom. The highest BCUT2D eigenvalue weighted by molar-refractivity contribution is 7.89. The average molecular weight is 485 g/mol. The summed E-state index contributed by atoms with van der Waals surface area (Å²) < 4.78 is 33.0. The Bertz CT molecular complexity index is 1270. The van der Waals surface area contributed by atoms with Gasteiger partial charge in [-0.05, 0) is 43.5 Å². The first-order valence-corrected chi connectivity index (χ1v) is 12.6. The van der Waals surface area contributed by atoms with Gasteiger partial charge in [0.2, 0.25) is 10.0 Å². The second-order valence-electron chi connectivity index (χ2n) is 8.18. The Kier molecular flexibility index (Phi) is 7.30. The van der Waals surface area contributed by atoms with Crippen molar-refractivity contribution in [2.24, 2.45) is 0 Å². The molecule has 0 radical (unpaired) electrons. The average Bonchev–Trinajstić information content (AvgIpc) is 3.26. The summed E-state index contributed by atoms with van der Waals surface area (Å²) >= 11 is 0. The van der Waals surface area contributed by atoms with Crippen molar-refractivity contribution >= 4 is 32.7 Å². The van der Waals surface area contributed by atoms with E-state index in [0.29, 0.717) is 26.0 Å². The molecule has 10 heteroatoms. The van der Waals surface area contributed by atoms with E-state index in [2.05, 4.69) is 15.6 Å². The highest BCUT2D eigenvalue weighted by Crippen LogP contribution is 2.22. The van der Waals surface area contributed by atoms with Gasteiger partial charge >= 0.3 is 11.8 Å². The summed E-state index contributed by atoms with van der Waals surface area (Å²) in [5.41, 5.74) is 3.01. The zero-order valence-corrected chi connectivity index (χ0v) is 19.7. The molecule has 0 unspecified atom stereocenters. The first kappa shape index (κ1) is 23.9. The molecular formula is C24H28N4O5S. The van der Waals surface area contributed by atoms with Gasteiger partial charge in [-0.2, -0.15) is 4.31 Å². The lowest BCUT2D eigenvalue weighted by atomic mass is 10.1. The molecule has 3 aromatic rings. The number of rotatable bonds is 7. The number of hydrogen-bond donors (Lipinski definition) is 3. The number of ether oxygens (including phenoxy) is 1. The lowest BCUT2D eigenvalue weighted by molar-refractivity contribution is -0.140. The van der Waals surface area contributed by atoms with Crippen LogP contribution in [0.25, 0.3) is 10.9 Å². The molecule has 2 heterocycles.